The van der Waals surface area contributed by atoms with Crippen LogP contribution in [-0.4, -0.2) is 24.9 Å². The summed E-state index contributed by atoms with van der Waals surface area (Å²) in [5.41, 5.74) is 2.13. The van der Waals surface area contributed by atoms with Gasteiger partial charge in [-0.15, -0.1) is 0 Å². The number of hydrogen-bond acceptors (Lipinski definition) is 1. The topological polar surface area (TPSA) is 20.3 Å². The van der Waals surface area contributed by atoms with Crippen molar-refractivity contribution in [1.82, 2.24) is 4.90 Å². The minimum absolute atomic E-state index is 0.0904. The van der Waals surface area contributed by atoms with Gasteiger partial charge in [-0.25, -0.2) is 0 Å². The van der Waals surface area contributed by atoms with Crippen LogP contribution in [0, 0.1) is 0 Å². The average Bonchev–Trinajstić information content (AvgIpc) is 2.42. The number of hydrogen-bond donors (Lipinski definition) is 0. The lowest BCUT2D eigenvalue weighted by Crippen LogP contribution is -2.21. The van der Waals surface area contributed by atoms with Crippen molar-refractivity contribution in [3.05, 3.63) is 35.4 Å². The molecule has 0 saturated carbocycles. The van der Waals surface area contributed by atoms with E-state index in [9.17, 15) is 4.79 Å². The monoisotopic (exact) mass is 261 g/mol. The Morgan fingerprint density at radius 1 is 1.16 bits per heavy atom. The fourth-order valence-corrected chi connectivity index (χ4v) is 2.46. The zero-order chi connectivity index (χ0) is 14.3. The first kappa shape index (κ1) is 15.7. The van der Waals surface area contributed by atoms with E-state index in [0.29, 0.717) is 5.92 Å². The molecule has 1 atom stereocenters. The van der Waals surface area contributed by atoms with Crippen LogP contribution in [0.2, 0.25) is 0 Å². The molecular formula is C17H27NO. The number of amides is 1. The third kappa shape index (κ3) is 4.70. The molecular weight excluding hydrogens is 234 g/mol. The molecule has 0 radical (unpaired) electrons. The summed E-state index contributed by atoms with van der Waals surface area (Å²) in [5, 5.41) is 0. The van der Waals surface area contributed by atoms with Crippen molar-refractivity contribution in [3.8, 4) is 0 Å². The highest BCUT2D eigenvalue weighted by Gasteiger charge is 2.13. The normalized spacial score (nSPS) is 12.2. The van der Waals surface area contributed by atoms with Gasteiger partial charge in [0.1, 0.15) is 0 Å². The van der Waals surface area contributed by atoms with Gasteiger partial charge in [-0.1, -0.05) is 45.2 Å². The van der Waals surface area contributed by atoms with Gasteiger partial charge in [0, 0.05) is 19.7 Å². The van der Waals surface area contributed by atoms with Gasteiger partial charge in [0.05, 0.1) is 0 Å². The summed E-state index contributed by atoms with van der Waals surface area (Å²) >= 11 is 0. The van der Waals surface area contributed by atoms with Crippen molar-refractivity contribution in [1.29, 1.82) is 0 Å². The largest absolute Gasteiger partial charge is 0.345 e. The predicted octanol–water partition coefficient (Wildman–Crippen LogP) is 4.46. The number of nitrogens with zero attached hydrogens (tertiary/aromatic N) is 1. The van der Waals surface area contributed by atoms with Crippen LogP contribution < -0.4 is 0 Å². The number of unbranched alkanes of at least 4 members (excludes halogenated alkanes) is 1. The van der Waals surface area contributed by atoms with E-state index in [1.165, 1.54) is 37.7 Å². The molecule has 1 aromatic carbocycles. The highest BCUT2D eigenvalue weighted by atomic mass is 16.2. The molecule has 0 aliphatic rings. The maximum Gasteiger partial charge on any atom is 0.253 e. The van der Waals surface area contributed by atoms with E-state index >= 15 is 0 Å². The first-order valence-electron chi connectivity index (χ1n) is 7.41. The second kappa shape index (κ2) is 7.98. The summed E-state index contributed by atoms with van der Waals surface area (Å²) in [6.07, 6.45) is 6.12. The maximum atomic E-state index is 12.0. The van der Waals surface area contributed by atoms with Crippen LogP contribution in [0.3, 0.4) is 0 Å². The Kier molecular flexibility index (Phi) is 6.61. The van der Waals surface area contributed by atoms with Gasteiger partial charge < -0.3 is 4.90 Å². The average molecular weight is 261 g/mol. The summed E-state index contributed by atoms with van der Waals surface area (Å²) in [5.74, 6) is 0.687. The molecule has 2 heteroatoms. The fourth-order valence-electron chi connectivity index (χ4n) is 2.46. The zero-order valence-electron chi connectivity index (χ0n) is 12.8. The molecule has 19 heavy (non-hydrogen) atoms. The van der Waals surface area contributed by atoms with Crippen molar-refractivity contribution < 1.29 is 4.79 Å². The van der Waals surface area contributed by atoms with Crippen molar-refractivity contribution >= 4 is 5.91 Å². The summed E-state index contributed by atoms with van der Waals surface area (Å²) in [7, 11) is 3.60. The maximum absolute atomic E-state index is 12.0. The summed E-state index contributed by atoms with van der Waals surface area (Å²) in [4.78, 5) is 13.7. The Balaban J connectivity index is 2.90. The smallest absolute Gasteiger partial charge is 0.253 e. The van der Waals surface area contributed by atoms with Crippen LogP contribution in [0.25, 0.3) is 0 Å². The Morgan fingerprint density at radius 2 is 1.89 bits per heavy atom. The molecule has 0 spiro atoms. The quantitative estimate of drug-likeness (QED) is 0.709. The van der Waals surface area contributed by atoms with E-state index in [0.717, 1.165) is 5.56 Å². The molecule has 0 aromatic heterocycles. The molecule has 106 valence electrons. The first-order chi connectivity index (χ1) is 9.10. The van der Waals surface area contributed by atoms with Gasteiger partial charge in [0.2, 0.25) is 0 Å². The Hall–Kier alpha value is -1.31. The SMILES string of the molecule is CCCCC(CCC)c1cccc(C(=O)N(C)C)c1. The lowest BCUT2D eigenvalue weighted by molar-refractivity contribution is 0.0827. The molecule has 0 heterocycles. The Bertz CT molecular complexity index is 398. The van der Waals surface area contributed by atoms with Crippen LogP contribution >= 0.6 is 0 Å². The summed E-state index contributed by atoms with van der Waals surface area (Å²) in [6, 6.07) is 8.18. The second-order valence-electron chi connectivity index (χ2n) is 5.45. The highest BCUT2D eigenvalue weighted by molar-refractivity contribution is 5.94. The number of carbonyl (C=O) groups is 1. The number of rotatable bonds is 7. The van der Waals surface area contributed by atoms with Crippen LogP contribution in [0.15, 0.2) is 24.3 Å². The van der Waals surface area contributed by atoms with Crippen LogP contribution in [-0.2, 0) is 0 Å². The Labute approximate surface area is 117 Å². The molecule has 1 aromatic rings. The molecule has 0 saturated heterocycles. The van der Waals surface area contributed by atoms with Crippen molar-refractivity contribution in [2.45, 2.75) is 51.9 Å². The van der Waals surface area contributed by atoms with Gasteiger partial charge >= 0.3 is 0 Å². The number of benzene rings is 1. The molecule has 0 aliphatic heterocycles. The standard InChI is InChI=1S/C17H27NO/c1-5-7-10-14(9-6-2)15-11-8-12-16(13-15)17(19)18(3)4/h8,11-14H,5-7,9-10H2,1-4H3. The molecule has 1 amide bonds. The van der Waals surface area contributed by atoms with Crippen molar-refractivity contribution in [2.75, 3.05) is 14.1 Å². The third-order valence-electron chi connectivity index (χ3n) is 3.55. The summed E-state index contributed by atoms with van der Waals surface area (Å²) < 4.78 is 0. The van der Waals surface area contributed by atoms with Crippen LogP contribution in [0.5, 0.6) is 0 Å². The molecule has 0 bridgehead atoms. The minimum atomic E-state index is 0.0904. The fraction of sp³-hybridized carbons (Fsp3) is 0.588. The van der Waals surface area contributed by atoms with Crippen molar-refractivity contribution in [2.24, 2.45) is 0 Å². The van der Waals surface area contributed by atoms with E-state index in [-0.39, 0.29) is 5.91 Å². The van der Waals surface area contributed by atoms with E-state index in [2.05, 4.69) is 26.0 Å². The molecule has 0 aliphatic carbocycles. The Morgan fingerprint density at radius 3 is 2.47 bits per heavy atom. The zero-order valence-corrected chi connectivity index (χ0v) is 12.8. The molecule has 1 rings (SSSR count). The highest BCUT2D eigenvalue weighted by Crippen LogP contribution is 2.27. The van der Waals surface area contributed by atoms with Gasteiger partial charge in [-0.3, -0.25) is 4.79 Å². The van der Waals surface area contributed by atoms with Crippen LogP contribution in [0.1, 0.15) is 67.8 Å². The van der Waals surface area contributed by atoms with E-state index in [4.69, 9.17) is 0 Å². The molecule has 0 N–H and O–H groups in total. The van der Waals surface area contributed by atoms with Crippen LogP contribution in [0.4, 0.5) is 0 Å². The number of carbonyl (C=O) groups excluding carboxylic acids is 1. The van der Waals surface area contributed by atoms with Gasteiger partial charge in [-0.05, 0) is 36.5 Å². The van der Waals surface area contributed by atoms with Crippen molar-refractivity contribution in [3.63, 3.8) is 0 Å². The molecule has 0 fully saturated rings. The van der Waals surface area contributed by atoms with Gasteiger partial charge in [0.15, 0.2) is 0 Å². The minimum Gasteiger partial charge on any atom is -0.345 e. The van der Waals surface area contributed by atoms with E-state index in [1.807, 2.05) is 12.1 Å². The van der Waals surface area contributed by atoms with E-state index in [1.54, 1.807) is 19.0 Å². The van der Waals surface area contributed by atoms with Gasteiger partial charge in [-0.2, -0.15) is 0 Å². The second-order valence-corrected chi connectivity index (χ2v) is 5.45. The first-order valence-corrected chi connectivity index (χ1v) is 7.41. The third-order valence-corrected chi connectivity index (χ3v) is 3.55. The summed E-state index contributed by atoms with van der Waals surface area (Å²) in [6.45, 7) is 4.46. The molecule has 1 unspecified atom stereocenters. The lowest BCUT2D eigenvalue weighted by atomic mass is 9.89. The van der Waals surface area contributed by atoms with E-state index < -0.39 is 0 Å². The predicted molar refractivity (Wildman–Crippen MR) is 81.6 cm³/mol. The lowest BCUT2D eigenvalue weighted by Gasteiger charge is -2.18. The molecule has 2 nitrogen and oxygen atoms in total. The van der Waals surface area contributed by atoms with Gasteiger partial charge in [0.25, 0.3) is 5.91 Å².